The quantitative estimate of drug-likeness (QED) is 0.672. The molecule has 1 aliphatic heterocycles. The van der Waals surface area contributed by atoms with Crippen LogP contribution in [-0.4, -0.2) is 16.3 Å². The molecule has 1 aliphatic rings. The lowest BCUT2D eigenvalue weighted by Crippen LogP contribution is -2.05. The van der Waals surface area contributed by atoms with Crippen LogP contribution in [-0.2, 0) is 31.4 Å². The van der Waals surface area contributed by atoms with E-state index in [2.05, 4.69) is 5.10 Å². The predicted molar refractivity (Wildman–Crippen MR) is 44.5 cm³/mol. The second kappa shape index (κ2) is 2.88. The maximum absolute atomic E-state index is 5.47. The molecule has 0 saturated heterocycles. The minimum absolute atomic E-state index is 0.656. The molecule has 66 valence electrons. The molecular formula is C8H13N3O. The molecule has 1 aromatic rings. The van der Waals surface area contributed by atoms with E-state index in [9.17, 15) is 0 Å². The van der Waals surface area contributed by atoms with E-state index in [1.54, 1.807) is 0 Å². The molecule has 4 heteroatoms. The summed E-state index contributed by atoms with van der Waals surface area (Å²) in [7, 11) is 1.95. The predicted octanol–water partition coefficient (Wildman–Crippen LogP) is -0.0485. The maximum atomic E-state index is 5.47. The van der Waals surface area contributed by atoms with Gasteiger partial charge in [0.15, 0.2) is 0 Å². The minimum Gasteiger partial charge on any atom is -0.370 e. The molecule has 12 heavy (non-hydrogen) atoms. The first-order valence-corrected chi connectivity index (χ1v) is 4.14. The van der Waals surface area contributed by atoms with Gasteiger partial charge in [0.2, 0.25) is 0 Å². The second-order valence-corrected chi connectivity index (χ2v) is 3.03. The number of fused-ring (bicyclic) bond motifs is 1. The van der Waals surface area contributed by atoms with Crippen LogP contribution in [0.1, 0.15) is 17.0 Å². The molecule has 2 heterocycles. The van der Waals surface area contributed by atoms with Crippen molar-refractivity contribution in [2.45, 2.75) is 19.6 Å². The van der Waals surface area contributed by atoms with Crippen LogP contribution in [0.3, 0.4) is 0 Å². The van der Waals surface area contributed by atoms with Crippen molar-refractivity contribution < 1.29 is 4.74 Å². The summed E-state index contributed by atoms with van der Waals surface area (Å²) in [4.78, 5) is 0. The van der Waals surface area contributed by atoms with Gasteiger partial charge < -0.3 is 10.5 Å². The van der Waals surface area contributed by atoms with Crippen LogP contribution >= 0.6 is 0 Å². The Morgan fingerprint density at radius 2 is 2.42 bits per heavy atom. The minimum atomic E-state index is 0.656. The highest BCUT2D eigenvalue weighted by molar-refractivity contribution is 5.27. The zero-order chi connectivity index (χ0) is 8.55. The molecule has 0 saturated carbocycles. The molecule has 1 aromatic heterocycles. The van der Waals surface area contributed by atoms with E-state index >= 15 is 0 Å². The van der Waals surface area contributed by atoms with Gasteiger partial charge in [0, 0.05) is 19.0 Å². The normalized spacial score (nSPS) is 15.2. The average Bonchev–Trinajstić information content (AvgIpc) is 2.58. The number of nitrogens with zero attached hydrogens (tertiary/aromatic N) is 2. The fourth-order valence-electron chi connectivity index (χ4n) is 1.60. The van der Waals surface area contributed by atoms with E-state index in [1.165, 1.54) is 11.3 Å². The summed E-state index contributed by atoms with van der Waals surface area (Å²) >= 11 is 0. The topological polar surface area (TPSA) is 53.1 Å². The zero-order valence-electron chi connectivity index (χ0n) is 7.21. The lowest BCUT2D eigenvalue weighted by Gasteiger charge is -1.95. The summed E-state index contributed by atoms with van der Waals surface area (Å²) in [6, 6.07) is 0. The van der Waals surface area contributed by atoms with Crippen LogP contribution in [0.25, 0.3) is 0 Å². The van der Waals surface area contributed by atoms with Crippen LogP contribution in [0.2, 0.25) is 0 Å². The Bertz CT molecular complexity index is 293. The summed E-state index contributed by atoms with van der Waals surface area (Å²) in [5.74, 6) is 0. The van der Waals surface area contributed by atoms with Crippen molar-refractivity contribution in [3.05, 3.63) is 17.0 Å². The molecule has 4 nitrogen and oxygen atoms in total. The fraction of sp³-hybridized carbons (Fsp3) is 0.625. The summed E-state index contributed by atoms with van der Waals surface area (Å²) < 4.78 is 7.22. The van der Waals surface area contributed by atoms with Crippen LogP contribution in [0.15, 0.2) is 0 Å². The summed E-state index contributed by atoms with van der Waals surface area (Å²) in [6.45, 7) is 2.06. The monoisotopic (exact) mass is 167 g/mol. The van der Waals surface area contributed by atoms with Gasteiger partial charge in [-0.05, 0) is 6.54 Å². The Balaban J connectivity index is 2.37. The van der Waals surface area contributed by atoms with E-state index in [1.807, 2.05) is 11.7 Å². The lowest BCUT2D eigenvalue weighted by atomic mass is 10.2. The molecule has 0 radical (unpaired) electrons. The van der Waals surface area contributed by atoms with Crippen molar-refractivity contribution in [3.8, 4) is 0 Å². The molecular weight excluding hydrogens is 154 g/mol. The van der Waals surface area contributed by atoms with E-state index in [0.29, 0.717) is 19.8 Å². The highest BCUT2D eigenvalue weighted by atomic mass is 16.5. The number of aromatic nitrogens is 2. The van der Waals surface area contributed by atoms with E-state index in [4.69, 9.17) is 10.5 Å². The molecule has 0 atom stereocenters. The average molecular weight is 167 g/mol. The SMILES string of the molecule is Cn1nc(CCN)c2c1COC2. The second-order valence-electron chi connectivity index (χ2n) is 3.03. The van der Waals surface area contributed by atoms with Crippen molar-refractivity contribution in [3.63, 3.8) is 0 Å². The van der Waals surface area contributed by atoms with Crippen LogP contribution in [0.5, 0.6) is 0 Å². The fourth-order valence-corrected chi connectivity index (χ4v) is 1.60. The lowest BCUT2D eigenvalue weighted by molar-refractivity contribution is 0.129. The van der Waals surface area contributed by atoms with Crippen molar-refractivity contribution in [1.29, 1.82) is 0 Å². The first kappa shape index (κ1) is 7.76. The van der Waals surface area contributed by atoms with Gasteiger partial charge >= 0.3 is 0 Å². The molecule has 2 N–H and O–H groups in total. The summed E-state index contributed by atoms with van der Waals surface area (Å²) in [5.41, 5.74) is 9.04. The third-order valence-corrected chi connectivity index (χ3v) is 2.22. The van der Waals surface area contributed by atoms with Crippen LogP contribution in [0, 0.1) is 0 Å². The molecule has 0 bridgehead atoms. The first-order valence-electron chi connectivity index (χ1n) is 4.14. The Morgan fingerprint density at radius 1 is 1.58 bits per heavy atom. The zero-order valence-corrected chi connectivity index (χ0v) is 7.21. The van der Waals surface area contributed by atoms with E-state index < -0.39 is 0 Å². The summed E-state index contributed by atoms with van der Waals surface area (Å²) in [5, 5.41) is 4.38. The van der Waals surface area contributed by atoms with E-state index in [0.717, 1.165) is 12.1 Å². The molecule has 0 spiro atoms. The Labute approximate surface area is 71.3 Å². The number of ether oxygens (including phenoxy) is 1. The molecule has 0 fully saturated rings. The van der Waals surface area contributed by atoms with Gasteiger partial charge in [-0.2, -0.15) is 5.10 Å². The number of hydrogen-bond donors (Lipinski definition) is 1. The largest absolute Gasteiger partial charge is 0.370 e. The highest BCUT2D eigenvalue weighted by Crippen LogP contribution is 2.22. The maximum Gasteiger partial charge on any atom is 0.0893 e. The number of rotatable bonds is 2. The van der Waals surface area contributed by atoms with Gasteiger partial charge in [-0.15, -0.1) is 0 Å². The third-order valence-electron chi connectivity index (χ3n) is 2.22. The molecule has 0 unspecified atom stereocenters. The van der Waals surface area contributed by atoms with Crippen molar-refractivity contribution in [1.82, 2.24) is 9.78 Å². The highest BCUT2D eigenvalue weighted by Gasteiger charge is 2.20. The van der Waals surface area contributed by atoms with Crippen LogP contribution in [0.4, 0.5) is 0 Å². The van der Waals surface area contributed by atoms with Gasteiger partial charge in [-0.25, -0.2) is 0 Å². The Morgan fingerprint density at radius 3 is 3.17 bits per heavy atom. The van der Waals surface area contributed by atoms with Gasteiger partial charge in [-0.3, -0.25) is 4.68 Å². The van der Waals surface area contributed by atoms with Gasteiger partial charge in [-0.1, -0.05) is 0 Å². The molecule has 2 rings (SSSR count). The summed E-state index contributed by atoms with van der Waals surface area (Å²) in [6.07, 6.45) is 0.854. The smallest absolute Gasteiger partial charge is 0.0893 e. The Hall–Kier alpha value is -0.870. The molecule has 0 amide bonds. The number of aryl methyl sites for hydroxylation is 1. The van der Waals surface area contributed by atoms with Gasteiger partial charge in [0.1, 0.15) is 0 Å². The van der Waals surface area contributed by atoms with Crippen LogP contribution < -0.4 is 5.73 Å². The number of hydrogen-bond acceptors (Lipinski definition) is 3. The van der Waals surface area contributed by atoms with Crippen molar-refractivity contribution in [2.24, 2.45) is 12.8 Å². The number of nitrogens with two attached hydrogens (primary N) is 1. The van der Waals surface area contributed by atoms with Crippen molar-refractivity contribution in [2.75, 3.05) is 6.54 Å². The van der Waals surface area contributed by atoms with E-state index in [-0.39, 0.29) is 0 Å². The first-order chi connectivity index (χ1) is 5.83. The van der Waals surface area contributed by atoms with Crippen molar-refractivity contribution >= 4 is 0 Å². The van der Waals surface area contributed by atoms with Gasteiger partial charge in [0.25, 0.3) is 0 Å². The Kier molecular flexibility index (Phi) is 1.86. The standard InChI is InChI=1S/C8H13N3O/c1-11-8-5-12-4-6(8)7(10-11)2-3-9/h2-5,9H2,1H3. The molecule has 0 aliphatic carbocycles. The van der Waals surface area contributed by atoms with Gasteiger partial charge in [0.05, 0.1) is 24.6 Å². The third kappa shape index (κ3) is 1.04. The molecule has 0 aromatic carbocycles.